The second kappa shape index (κ2) is 9.05. The predicted molar refractivity (Wildman–Crippen MR) is 85.0 cm³/mol. The monoisotopic (exact) mass is 321 g/mol. The molecule has 0 saturated carbocycles. The average molecular weight is 321 g/mol. The molecule has 1 rings (SSSR count). The van der Waals surface area contributed by atoms with Crippen LogP contribution in [0.3, 0.4) is 0 Å². The van der Waals surface area contributed by atoms with Crippen molar-refractivity contribution in [1.82, 2.24) is 5.32 Å². The molecular weight excluding hydrogens is 298 g/mol. The van der Waals surface area contributed by atoms with Crippen LogP contribution in [-0.4, -0.2) is 43.5 Å². The van der Waals surface area contributed by atoms with Gasteiger partial charge >= 0.3 is 11.9 Å². The Morgan fingerprint density at radius 3 is 2.17 bits per heavy atom. The van der Waals surface area contributed by atoms with Gasteiger partial charge in [-0.05, 0) is 12.8 Å². The van der Waals surface area contributed by atoms with E-state index in [4.69, 9.17) is 9.47 Å². The van der Waals surface area contributed by atoms with Crippen LogP contribution in [0, 0.1) is 5.92 Å². The van der Waals surface area contributed by atoms with Gasteiger partial charge in [-0.15, -0.1) is 0 Å². The number of Topliss-reactive ketones (excluding diaryl/α,β-unsaturated/α-hetero) is 1. The summed E-state index contributed by atoms with van der Waals surface area (Å²) in [6.45, 7) is 5.39. The number of hydrogen-bond acceptors (Lipinski definition) is 6. The zero-order valence-corrected chi connectivity index (χ0v) is 13.9. The number of carbonyl (C=O) groups excluding carboxylic acids is 3. The van der Waals surface area contributed by atoms with E-state index in [1.165, 1.54) is 7.11 Å². The van der Waals surface area contributed by atoms with Gasteiger partial charge in [-0.3, -0.25) is 14.9 Å². The second-order valence-corrected chi connectivity index (χ2v) is 5.33. The molecule has 2 unspecified atom stereocenters. The summed E-state index contributed by atoms with van der Waals surface area (Å²) in [6.07, 6.45) is 0. The third-order valence-corrected chi connectivity index (χ3v) is 3.31. The molecule has 0 spiro atoms. The molecule has 0 bridgehead atoms. The van der Waals surface area contributed by atoms with Gasteiger partial charge in [0.15, 0.2) is 11.8 Å². The van der Waals surface area contributed by atoms with E-state index in [-0.39, 0.29) is 12.5 Å². The fraction of sp³-hybridized carbons (Fsp3) is 0.471. The SMILES string of the molecule is CCOC(=O)C(NC(C(=O)OC)C(C)C)C(=O)c1ccccc1. The van der Waals surface area contributed by atoms with Gasteiger partial charge in [0.05, 0.1) is 13.7 Å². The maximum Gasteiger partial charge on any atom is 0.331 e. The lowest BCUT2D eigenvalue weighted by atomic mass is 9.99. The Morgan fingerprint density at radius 1 is 1.09 bits per heavy atom. The van der Waals surface area contributed by atoms with Gasteiger partial charge in [0.2, 0.25) is 0 Å². The van der Waals surface area contributed by atoms with Crippen LogP contribution in [0.2, 0.25) is 0 Å². The van der Waals surface area contributed by atoms with Crippen LogP contribution in [0.4, 0.5) is 0 Å². The summed E-state index contributed by atoms with van der Waals surface area (Å²) < 4.78 is 9.70. The van der Waals surface area contributed by atoms with Crippen molar-refractivity contribution < 1.29 is 23.9 Å². The molecule has 1 N–H and O–H groups in total. The van der Waals surface area contributed by atoms with E-state index in [0.717, 1.165) is 0 Å². The van der Waals surface area contributed by atoms with Crippen LogP contribution in [0.15, 0.2) is 30.3 Å². The zero-order valence-electron chi connectivity index (χ0n) is 13.9. The Labute approximate surface area is 136 Å². The topological polar surface area (TPSA) is 81.7 Å². The van der Waals surface area contributed by atoms with Crippen LogP contribution >= 0.6 is 0 Å². The molecule has 23 heavy (non-hydrogen) atoms. The highest BCUT2D eigenvalue weighted by Crippen LogP contribution is 2.10. The summed E-state index contributed by atoms with van der Waals surface area (Å²) >= 11 is 0. The van der Waals surface area contributed by atoms with Crippen molar-refractivity contribution in [2.24, 2.45) is 5.92 Å². The lowest BCUT2D eigenvalue weighted by molar-refractivity contribution is -0.147. The van der Waals surface area contributed by atoms with Crippen LogP contribution in [-0.2, 0) is 19.1 Å². The summed E-state index contributed by atoms with van der Waals surface area (Å²) in [6, 6.07) is 6.35. The third-order valence-electron chi connectivity index (χ3n) is 3.31. The molecule has 1 aromatic carbocycles. The maximum atomic E-state index is 12.6. The van der Waals surface area contributed by atoms with Crippen molar-refractivity contribution >= 4 is 17.7 Å². The summed E-state index contributed by atoms with van der Waals surface area (Å²) in [5, 5.41) is 2.79. The van der Waals surface area contributed by atoms with Gasteiger partial charge in [-0.2, -0.15) is 0 Å². The van der Waals surface area contributed by atoms with Gasteiger partial charge in [0.25, 0.3) is 0 Å². The number of ketones is 1. The molecule has 1 aromatic rings. The van der Waals surface area contributed by atoms with Crippen molar-refractivity contribution in [2.45, 2.75) is 32.9 Å². The highest BCUT2D eigenvalue weighted by atomic mass is 16.5. The molecule has 0 aliphatic heterocycles. The Bertz CT molecular complexity index is 541. The fourth-order valence-corrected chi connectivity index (χ4v) is 2.08. The van der Waals surface area contributed by atoms with E-state index in [0.29, 0.717) is 5.56 Å². The quantitative estimate of drug-likeness (QED) is 0.445. The number of carbonyl (C=O) groups is 3. The normalized spacial score (nSPS) is 13.3. The van der Waals surface area contributed by atoms with Crippen LogP contribution in [0.5, 0.6) is 0 Å². The smallest absolute Gasteiger partial charge is 0.331 e. The van der Waals surface area contributed by atoms with Gasteiger partial charge in [-0.25, -0.2) is 4.79 Å². The molecule has 0 aliphatic rings. The first-order valence-electron chi connectivity index (χ1n) is 7.52. The summed E-state index contributed by atoms with van der Waals surface area (Å²) in [5.74, 6) is -1.85. The van der Waals surface area contributed by atoms with Crippen LogP contribution in [0.25, 0.3) is 0 Å². The number of hydrogen-bond donors (Lipinski definition) is 1. The first-order valence-corrected chi connectivity index (χ1v) is 7.52. The van der Waals surface area contributed by atoms with Gasteiger partial charge in [0, 0.05) is 5.56 Å². The molecule has 0 radical (unpaired) electrons. The first kappa shape index (κ1) is 18.8. The number of esters is 2. The predicted octanol–water partition coefficient (Wildman–Crippen LogP) is 1.59. The Balaban J connectivity index is 3.07. The van der Waals surface area contributed by atoms with E-state index >= 15 is 0 Å². The summed E-state index contributed by atoms with van der Waals surface area (Å²) in [4.78, 5) is 36.7. The number of ether oxygens (including phenoxy) is 2. The van der Waals surface area contributed by atoms with Crippen LogP contribution < -0.4 is 5.32 Å². The molecule has 0 aromatic heterocycles. The Kier molecular flexibility index (Phi) is 7.41. The molecule has 0 heterocycles. The highest BCUT2D eigenvalue weighted by molar-refractivity contribution is 6.12. The fourth-order valence-electron chi connectivity index (χ4n) is 2.08. The largest absolute Gasteiger partial charge is 0.468 e. The van der Waals surface area contributed by atoms with E-state index < -0.39 is 29.8 Å². The van der Waals surface area contributed by atoms with Crippen LogP contribution in [0.1, 0.15) is 31.1 Å². The number of benzene rings is 1. The van der Waals surface area contributed by atoms with Gasteiger partial charge in [-0.1, -0.05) is 44.2 Å². The van der Waals surface area contributed by atoms with E-state index in [2.05, 4.69) is 5.32 Å². The number of nitrogens with one attached hydrogen (secondary N) is 1. The summed E-state index contributed by atoms with van der Waals surface area (Å²) in [5.41, 5.74) is 0.366. The van der Waals surface area contributed by atoms with Crippen molar-refractivity contribution in [1.29, 1.82) is 0 Å². The molecule has 0 saturated heterocycles. The molecule has 0 amide bonds. The highest BCUT2D eigenvalue weighted by Gasteiger charge is 2.35. The van der Waals surface area contributed by atoms with E-state index in [1.807, 2.05) is 0 Å². The molecule has 0 fully saturated rings. The lowest BCUT2D eigenvalue weighted by Gasteiger charge is -2.24. The Hall–Kier alpha value is -2.21. The first-order chi connectivity index (χ1) is 10.9. The molecular formula is C17H23NO5. The molecule has 6 nitrogen and oxygen atoms in total. The molecule has 126 valence electrons. The molecule has 2 atom stereocenters. The zero-order chi connectivity index (χ0) is 17.4. The minimum absolute atomic E-state index is 0.143. The molecule has 6 heteroatoms. The number of methoxy groups -OCH3 is 1. The Morgan fingerprint density at radius 2 is 1.70 bits per heavy atom. The van der Waals surface area contributed by atoms with Gasteiger partial charge in [0.1, 0.15) is 6.04 Å². The van der Waals surface area contributed by atoms with Crippen molar-refractivity contribution in [3.63, 3.8) is 0 Å². The van der Waals surface area contributed by atoms with E-state index in [9.17, 15) is 14.4 Å². The van der Waals surface area contributed by atoms with Gasteiger partial charge < -0.3 is 9.47 Å². The second-order valence-electron chi connectivity index (χ2n) is 5.33. The maximum absolute atomic E-state index is 12.6. The average Bonchev–Trinajstić information content (AvgIpc) is 2.55. The molecule has 0 aliphatic carbocycles. The minimum atomic E-state index is -1.26. The number of rotatable bonds is 8. The van der Waals surface area contributed by atoms with Crippen molar-refractivity contribution in [3.8, 4) is 0 Å². The standard InChI is InChI=1S/C17H23NO5/c1-5-23-17(21)14(15(19)12-9-7-6-8-10-12)18-13(11(2)3)16(20)22-4/h6-11,13-14,18H,5H2,1-4H3. The summed E-state index contributed by atoms with van der Waals surface area (Å²) in [7, 11) is 1.26. The van der Waals surface area contributed by atoms with Crippen molar-refractivity contribution in [3.05, 3.63) is 35.9 Å². The van der Waals surface area contributed by atoms with E-state index in [1.54, 1.807) is 51.1 Å². The third kappa shape index (κ3) is 5.17. The van der Waals surface area contributed by atoms with Crippen molar-refractivity contribution in [2.75, 3.05) is 13.7 Å². The lowest BCUT2D eigenvalue weighted by Crippen LogP contribution is -2.54. The minimum Gasteiger partial charge on any atom is -0.468 e.